The third-order valence-corrected chi connectivity index (χ3v) is 4.46. The summed E-state index contributed by atoms with van der Waals surface area (Å²) in [6.07, 6.45) is 4.54. The number of imidazole rings is 1. The quantitative estimate of drug-likeness (QED) is 0.800. The number of hydrogen-bond acceptors (Lipinski definition) is 3. The molecule has 2 aliphatic carbocycles. The molecular formula is C16H14N4O. The van der Waals surface area contributed by atoms with Crippen LogP contribution in [-0.2, 0) is 7.05 Å². The summed E-state index contributed by atoms with van der Waals surface area (Å²) >= 11 is 0. The normalized spacial score (nSPS) is 22.0. The molecule has 104 valence electrons. The first-order valence-corrected chi connectivity index (χ1v) is 6.98. The van der Waals surface area contributed by atoms with Gasteiger partial charge in [0.05, 0.1) is 29.3 Å². The number of nitrogens with zero attached hydrogens (tertiary/aromatic N) is 4. The zero-order valence-electron chi connectivity index (χ0n) is 11.9. The fourth-order valence-electron chi connectivity index (χ4n) is 3.27. The molecule has 2 aromatic heterocycles. The lowest BCUT2D eigenvalue weighted by Gasteiger charge is -2.11. The third kappa shape index (κ3) is 1.56. The number of aryl methyl sites for hydroxylation is 1. The third-order valence-electron chi connectivity index (χ3n) is 4.46. The smallest absolute Gasteiger partial charge is 0.298 e. The van der Waals surface area contributed by atoms with Crippen LogP contribution in [-0.4, -0.2) is 14.1 Å². The van der Waals surface area contributed by atoms with E-state index in [-0.39, 0.29) is 5.69 Å². The molecular weight excluding hydrogens is 264 g/mol. The van der Waals surface area contributed by atoms with Gasteiger partial charge in [0.2, 0.25) is 0 Å². The molecule has 1 saturated carbocycles. The van der Waals surface area contributed by atoms with Crippen molar-refractivity contribution in [2.75, 3.05) is 0 Å². The van der Waals surface area contributed by atoms with Crippen LogP contribution in [0.3, 0.4) is 0 Å². The van der Waals surface area contributed by atoms with Gasteiger partial charge in [0.25, 0.3) is 0 Å². The molecule has 0 saturated heterocycles. The van der Waals surface area contributed by atoms with E-state index < -0.39 is 0 Å². The molecule has 5 nitrogen and oxygen atoms in total. The first-order chi connectivity index (χ1) is 10.1. The van der Waals surface area contributed by atoms with Gasteiger partial charge in [-0.15, -0.1) is 0 Å². The van der Waals surface area contributed by atoms with E-state index in [0.29, 0.717) is 11.8 Å². The maximum absolute atomic E-state index is 12.6. The highest BCUT2D eigenvalue weighted by Gasteiger charge is 2.48. The van der Waals surface area contributed by atoms with Gasteiger partial charge in [-0.2, -0.15) is 5.26 Å². The van der Waals surface area contributed by atoms with Gasteiger partial charge in [-0.1, -0.05) is 0 Å². The summed E-state index contributed by atoms with van der Waals surface area (Å²) in [6.45, 7) is 1.91. The Morgan fingerprint density at radius 1 is 1.38 bits per heavy atom. The van der Waals surface area contributed by atoms with E-state index in [1.165, 1.54) is 0 Å². The number of aromatic nitrogens is 3. The summed E-state index contributed by atoms with van der Waals surface area (Å²) in [6, 6.07) is 6.05. The minimum absolute atomic E-state index is 0.0771. The number of rotatable bonds is 1. The number of nitriles is 1. The van der Waals surface area contributed by atoms with E-state index in [0.717, 1.165) is 34.8 Å². The number of hydrogen-bond donors (Lipinski definition) is 0. The topological polar surface area (TPSA) is 63.6 Å². The summed E-state index contributed by atoms with van der Waals surface area (Å²) in [5.41, 5.74) is 4.24. The highest BCUT2D eigenvalue weighted by molar-refractivity contribution is 5.66. The Hall–Kier alpha value is -2.61. The van der Waals surface area contributed by atoms with E-state index in [1.807, 2.05) is 25.1 Å². The van der Waals surface area contributed by atoms with Crippen molar-refractivity contribution < 1.29 is 0 Å². The van der Waals surface area contributed by atoms with Crippen LogP contribution in [0.1, 0.15) is 29.4 Å². The van der Waals surface area contributed by atoms with Crippen molar-refractivity contribution in [2.45, 2.75) is 19.3 Å². The predicted molar refractivity (Wildman–Crippen MR) is 78.0 cm³/mol. The van der Waals surface area contributed by atoms with Crippen molar-refractivity contribution in [2.24, 2.45) is 13.0 Å². The van der Waals surface area contributed by atoms with Gasteiger partial charge in [0, 0.05) is 30.2 Å². The average Bonchev–Trinajstić information content (AvgIpc) is 3.23. The SMILES string of the molecule is Cc1ccc(-n2c3c(n(C)c2=O)C2CC2C(C#N)=C3)cn1. The first-order valence-electron chi connectivity index (χ1n) is 6.98. The van der Waals surface area contributed by atoms with Crippen molar-refractivity contribution in [3.63, 3.8) is 0 Å². The second kappa shape index (κ2) is 3.95. The molecule has 0 N–H and O–H groups in total. The van der Waals surface area contributed by atoms with Crippen LogP contribution in [0.2, 0.25) is 0 Å². The van der Waals surface area contributed by atoms with Crippen LogP contribution in [0, 0.1) is 24.2 Å². The largest absolute Gasteiger partial charge is 0.333 e. The molecule has 2 atom stereocenters. The maximum atomic E-state index is 12.6. The van der Waals surface area contributed by atoms with Crippen molar-refractivity contribution in [3.05, 3.63) is 51.5 Å². The molecule has 5 heteroatoms. The molecule has 0 aromatic carbocycles. The van der Waals surface area contributed by atoms with Gasteiger partial charge in [0.15, 0.2) is 0 Å². The molecule has 21 heavy (non-hydrogen) atoms. The molecule has 2 heterocycles. The molecule has 0 amide bonds. The molecule has 2 aliphatic rings. The summed E-state index contributed by atoms with van der Waals surface area (Å²) in [7, 11) is 1.81. The first kappa shape index (κ1) is 12.2. The highest BCUT2D eigenvalue weighted by atomic mass is 16.1. The van der Waals surface area contributed by atoms with Gasteiger partial charge >= 0.3 is 5.69 Å². The number of allylic oxidation sites excluding steroid dienone is 1. The number of fused-ring (bicyclic) bond motifs is 3. The van der Waals surface area contributed by atoms with Crippen molar-refractivity contribution in [1.29, 1.82) is 5.26 Å². The van der Waals surface area contributed by atoms with Gasteiger partial charge in [-0.25, -0.2) is 4.79 Å². The van der Waals surface area contributed by atoms with Crippen molar-refractivity contribution in [1.82, 2.24) is 14.1 Å². The summed E-state index contributed by atoms with van der Waals surface area (Å²) in [5.74, 6) is 0.622. The van der Waals surface area contributed by atoms with E-state index in [1.54, 1.807) is 22.4 Å². The fourth-order valence-corrected chi connectivity index (χ4v) is 3.27. The second-order valence-electron chi connectivity index (χ2n) is 5.77. The Labute approximate surface area is 121 Å². The Morgan fingerprint density at radius 2 is 2.19 bits per heavy atom. The Morgan fingerprint density at radius 3 is 2.86 bits per heavy atom. The molecule has 0 aliphatic heterocycles. The number of pyridine rings is 1. The van der Waals surface area contributed by atoms with Gasteiger partial charge in [-0.05, 0) is 31.6 Å². The van der Waals surface area contributed by atoms with Crippen LogP contribution >= 0.6 is 0 Å². The fraction of sp³-hybridized carbons (Fsp3) is 0.312. The Kier molecular flexibility index (Phi) is 2.29. The molecule has 2 unspecified atom stereocenters. The maximum Gasteiger partial charge on any atom is 0.333 e. The Balaban J connectivity index is 2.01. The van der Waals surface area contributed by atoms with Gasteiger partial charge in [-0.3, -0.25) is 14.1 Å². The van der Waals surface area contributed by atoms with E-state index in [2.05, 4.69) is 11.1 Å². The van der Waals surface area contributed by atoms with Crippen LogP contribution in [0.4, 0.5) is 0 Å². The molecule has 1 fully saturated rings. The highest BCUT2D eigenvalue weighted by Crippen LogP contribution is 2.55. The lowest BCUT2D eigenvalue weighted by Crippen LogP contribution is -2.22. The van der Waals surface area contributed by atoms with E-state index >= 15 is 0 Å². The van der Waals surface area contributed by atoms with E-state index in [9.17, 15) is 10.1 Å². The molecule has 0 spiro atoms. The minimum Gasteiger partial charge on any atom is -0.298 e. The lowest BCUT2D eigenvalue weighted by atomic mass is 10.0. The van der Waals surface area contributed by atoms with Gasteiger partial charge < -0.3 is 0 Å². The zero-order valence-corrected chi connectivity index (χ0v) is 11.9. The standard InChI is InChI=1S/C16H14N4O/c1-9-3-4-11(8-18-9)20-14-5-10(7-17)12-6-13(12)15(14)19(2)16(20)21/h3-5,8,12-13H,6H2,1-2H3. The molecule has 4 rings (SSSR count). The van der Waals surface area contributed by atoms with E-state index in [4.69, 9.17) is 0 Å². The van der Waals surface area contributed by atoms with Crippen molar-refractivity contribution in [3.8, 4) is 11.8 Å². The van der Waals surface area contributed by atoms with Crippen LogP contribution in [0.25, 0.3) is 11.8 Å². The summed E-state index contributed by atoms with van der Waals surface area (Å²) in [5, 5.41) is 9.26. The molecule has 2 aromatic rings. The second-order valence-corrected chi connectivity index (χ2v) is 5.77. The Bertz CT molecular complexity index is 877. The van der Waals surface area contributed by atoms with Crippen LogP contribution in [0.15, 0.2) is 28.7 Å². The monoisotopic (exact) mass is 278 g/mol. The van der Waals surface area contributed by atoms with Crippen LogP contribution in [0.5, 0.6) is 0 Å². The summed E-state index contributed by atoms with van der Waals surface area (Å²) < 4.78 is 3.37. The summed E-state index contributed by atoms with van der Waals surface area (Å²) in [4.78, 5) is 16.9. The van der Waals surface area contributed by atoms with Gasteiger partial charge in [0.1, 0.15) is 0 Å². The lowest BCUT2D eigenvalue weighted by molar-refractivity contribution is 0.764. The minimum atomic E-state index is -0.0771. The molecule has 0 bridgehead atoms. The predicted octanol–water partition coefficient (Wildman–Crippen LogP) is 1.90. The van der Waals surface area contributed by atoms with Crippen LogP contribution < -0.4 is 5.69 Å². The molecule has 0 radical (unpaired) electrons. The zero-order chi connectivity index (χ0) is 14.7. The average molecular weight is 278 g/mol. The van der Waals surface area contributed by atoms with Crippen molar-refractivity contribution >= 4 is 6.08 Å².